The van der Waals surface area contributed by atoms with E-state index >= 15 is 0 Å². The zero-order chi connectivity index (χ0) is 9.84. The number of carboxylic acid groups (broad SMARTS) is 1. The van der Waals surface area contributed by atoms with Crippen LogP contribution in [-0.2, 0) is 11.2 Å². The van der Waals surface area contributed by atoms with E-state index < -0.39 is 5.97 Å². The first kappa shape index (κ1) is 9.80. The predicted octanol–water partition coefficient (Wildman–Crippen LogP) is 1.37. The van der Waals surface area contributed by atoms with Gasteiger partial charge in [0.05, 0.1) is 19.2 Å². The van der Waals surface area contributed by atoms with Crippen LogP contribution in [-0.4, -0.2) is 23.2 Å². The number of rotatable bonds is 3. The second-order valence-electron chi connectivity index (χ2n) is 2.36. The summed E-state index contributed by atoms with van der Waals surface area (Å²) in [6.45, 7) is 0. The van der Waals surface area contributed by atoms with E-state index in [0.717, 1.165) is 0 Å². The smallest absolute Gasteiger partial charge is 0.309 e. The molecule has 0 aliphatic rings. The number of pyridine rings is 1. The summed E-state index contributed by atoms with van der Waals surface area (Å²) in [5.74, 6) is -0.683. The lowest BCUT2D eigenvalue weighted by Gasteiger charge is -2.02. The van der Waals surface area contributed by atoms with Gasteiger partial charge in [-0.15, -0.1) is 0 Å². The first-order valence-corrected chi connectivity index (χ1v) is 3.92. The maximum Gasteiger partial charge on any atom is 0.309 e. The van der Waals surface area contributed by atoms with E-state index in [4.69, 9.17) is 21.4 Å². The molecule has 1 aromatic heterocycles. The molecule has 0 aliphatic heterocycles. The normalized spacial score (nSPS) is 9.69. The van der Waals surface area contributed by atoms with Gasteiger partial charge in [-0.2, -0.15) is 0 Å². The number of halogens is 1. The number of carbonyl (C=O) groups is 1. The summed E-state index contributed by atoms with van der Waals surface area (Å²) >= 11 is 5.70. The van der Waals surface area contributed by atoms with Gasteiger partial charge in [-0.25, -0.2) is 4.98 Å². The molecule has 0 amide bonds. The molecule has 0 saturated heterocycles. The van der Waals surface area contributed by atoms with Crippen LogP contribution in [0.1, 0.15) is 5.69 Å². The molecule has 0 fully saturated rings. The van der Waals surface area contributed by atoms with E-state index in [2.05, 4.69) is 4.98 Å². The summed E-state index contributed by atoms with van der Waals surface area (Å²) in [5, 5.41) is 8.86. The fourth-order valence-corrected chi connectivity index (χ4v) is 1.04. The molecule has 13 heavy (non-hydrogen) atoms. The van der Waals surface area contributed by atoms with Crippen molar-refractivity contribution in [3.05, 3.63) is 22.8 Å². The van der Waals surface area contributed by atoms with E-state index in [1.165, 1.54) is 7.11 Å². The average Bonchev–Trinajstić information content (AvgIpc) is 2.07. The van der Waals surface area contributed by atoms with Gasteiger partial charge in [0.2, 0.25) is 5.88 Å². The second kappa shape index (κ2) is 4.09. The number of nitrogens with zero attached hydrogens (tertiary/aromatic N) is 1. The average molecular weight is 202 g/mol. The summed E-state index contributed by atoms with van der Waals surface area (Å²) in [6.07, 6.45) is -0.131. The highest BCUT2D eigenvalue weighted by atomic mass is 35.5. The van der Waals surface area contributed by atoms with Crippen LogP contribution < -0.4 is 4.74 Å². The Bertz CT molecular complexity index is 327. The minimum absolute atomic E-state index is 0.131. The molecule has 0 spiro atoms. The van der Waals surface area contributed by atoms with E-state index in [1.807, 2.05) is 0 Å². The Kier molecular flexibility index (Phi) is 3.08. The third kappa shape index (κ3) is 2.59. The first-order valence-electron chi connectivity index (χ1n) is 3.54. The van der Waals surface area contributed by atoms with Crippen molar-refractivity contribution in [3.8, 4) is 5.88 Å². The van der Waals surface area contributed by atoms with E-state index in [1.54, 1.807) is 12.1 Å². The van der Waals surface area contributed by atoms with Crippen molar-refractivity contribution < 1.29 is 14.6 Å². The number of hydrogen-bond acceptors (Lipinski definition) is 3. The SMILES string of the molecule is COc1nc(CC(=O)O)ccc1Cl. The lowest BCUT2D eigenvalue weighted by Crippen LogP contribution is -2.03. The van der Waals surface area contributed by atoms with Crippen LogP contribution in [0, 0.1) is 0 Å². The molecular formula is C8H8ClNO3. The monoisotopic (exact) mass is 201 g/mol. The molecule has 0 aromatic carbocycles. The number of ether oxygens (including phenoxy) is 1. The van der Waals surface area contributed by atoms with Crippen LogP contribution in [0.4, 0.5) is 0 Å². The molecule has 0 unspecified atom stereocenters. The maximum absolute atomic E-state index is 10.3. The summed E-state index contributed by atoms with van der Waals surface area (Å²) in [5.41, 5.74) is 0.425. The summed E-state index contributed by atoms with van der Waals surface area (Å²) in [6, 6.07) is 3.12. The van der Waals surface area contributed by atoms with Gasteiger partial charge in [0, 0.05) is 0 Å². The van der Waals surface area contributed by atoms with Crippen molar-refractivity contribution in [1.29, 1.82) is 0 Å². The summed E-state index contributed by atoms with van der Waals surface area (Å²) in [7, 11) is 1.43. The van der Waals surface area contributed by atoms with Crippen LogP contribution in [0.3, 0.4) is 0 Å². The van der Waals surface area contributed by atoms with Gasteiger partial charge < -0.3 is 9.84 Å². The molecule has 0 saturated carbocycles. The molecule has 0 bridgehead atoms. The van der Waals surface area contributed by atoms with Crippen molar-refractivity contribution in [1.82, 2.24) is 4.98 Å². The largest absolute Gasteiger partial charge is 0.481 e. The zero-order valence-corrected chi connectivity index (χ0v) is 7.71. The Morgan fingerprint density at radius 1 is 1.69 bits per heavy atom. The van der Waals surface area contributed by atoms with Gasteiger partial charge in [0.25, 0.3) is 0 Å². The van der Waals surface area contributed by atoms with Gasteiger partial charge in [-0.1, -0.05) is 11.6 Å². The summed E-state index contributed by atoms with van der Waals surface area (Å²) in [4.78, 5) is 14.2. The number of methoxy groups -OCH3 is 1. The second-order valence-corrected chi connectivity index (χ2v) is 2.77. The Labute approximate surface area is 80.1 Å². The van der Waals surface area contributed by atoms with Crippen molar-refractivity contribution in [2.24, 2.45) is 0 Å². The molecular weight excluding hydrogens is 194 g/mol. The van der Waals surface area contributed by atoms with Crippen molar-refractivity contribution in [2.45, 2.75) is 6.42 Å². The van der Waals surface area contributed by atoms with E-state index in [-0.39, 0.29) is 12.3 Å². The third-order valence-electron chi connectivity index (χ3n) is 1.40. The molecule has 4 nitrogen and oxygen atoms in total. The van der Waals surface area contributed by atoms with Gasteiger partial charge in [0.15, 0.2) is 0 Å². The molecule has 0 aliphatic carbocycles. The van der Waals surface area contributed by atoms with Crippen LogP contribution in [0.5, 0.6) is 5.88 Å². The van der Waals surface area contributed by atoms with Gasteiger partial charge in [-0.05, 0) is 12.1 Å². The fourth-order valence-electron chi connectivity index (χ4n) is 0.858. The lowest BCUT2D eigenvalue weighted by molar-refractivity contribution is -0.136. The molecule has 5 heteroatoms. The molecule has 1 N–H and O–H groups in total. The Morgan fingerprint density at radius 2 is 2.38 bits per heavy atom. The molecule has 0 atom stereocenters. The van der Waals surface area contributed by atoms with Gasteiger partial charge in [-0.3, -0.25) is 4.79 Å². The topological polar surface area (TPSA) is 59.4 Å². The quantitative estimate of drug-likeness (QED) is 0.803. The number of hydrogen-bond donors (Lipinski definition) is 1. The minimum atomic E-state index is -0.933. The van der Waals surface area contributed by atoms with E-state index in [9.17, 15) is 4.79 Å². The maximum atomic E-state index is 10.3. The zero-order valence-electron chi connectivity index (χ0n) is 6.95. The van der Waals surface area contributed by atoms with Crippen molar-refractivity contribution in [3.63, 3.8) is 0 Å². The fraction of sp³-hybridized carbons (Fsp3) is 0.250. The first-order chi connectivity index (χ1) is 6.13. The predicted molar refractivity (Wildman–Crippen MR) is 47.1 cm³/mol. The highest BCUT2D eigenvalue weighted by molar-refractivity contribution is 6.31. The molecule has 1 aromatic rings. The van der Waals surface area contributed by atoms with Crippen LogP contribution in [0.25, 0.3) is 0 Å². The molecule has 0 radical (unpaired) electrons. The van der Waals surface area contributed by atoms with Crippen LogP contribution in [0.2, 0.25) is 5.02 Å². The third-order valence-corrected chi connectivity index (χ3v) is 1.68. The van der Waals surface area contributed by atoms with Gasteiger partial charge >= 0.3 is 5.97 Å². The van der Waals surface area contributed by atoms with Crippen molar-refractivity contribution >= 4 is 17.6 Å². The molecule has 1 heterocycles. The van der Waals surface area contributed by atoms with Crippen LogP contribution in [0.15, 0.2) is 12.1 Å². The highest BCUT2D eigenvalue weighted by Crippen LogP contribution is 2.21. The Morgan fingerprint density at radius 3 is 2.92 bits per heavy atom. The lowest BCUT2D eigenvalue weighted by atomic mass is 10.3. The van der Waals surface area contributed by atoms with Gasteiger partial charge in [0.1, 0.15) is 5.02 Å². The Hall–Kier alpha value is -1.29. The molecule has 1 rings (SSSR count). The Balaban J connectivity index is 2.92. The minimum Gasteiger partial charge on any atom is -0.481 e. The van der Waals surface area contributed by atoms with E-state index in [0.29, 0.717) is 10.7 Å². The van der Waals surface area contributed by atoms with Crippen LogP contribution >= 0.6 is 11.6 Å². The number of aliphatic carboxylic acids is 1. The number of carboxylic acids is 1. The number of aromatic nitrogens is 1. The van der Waals surface area contributed by atoms with Crippen molar-refractivity contribution in [2.75, 3.05) is 7.11 Å². The summed E-state index contributed by atoms with van der Waals surface area (Å²) < 4.78 is 4.83. The standard InChI is InChI=1S/C8H8ClNO3/c1-13-8-6(9)3-2-5(10-8)4-7(11)12/h2-3H,4H2,1H3,(H,11,12). The highest BCUT2D eigenvalue weighted by Gasteiger charge is 2.06. The molecule has 70 valence electrons.